The van der Waals surface area contributed by atoms with Crippen molar-refractivity contribution in [3.05, 3.63) is 66.5 Å². The smallest absolute Gasteiger partial charge is 0.495 e. The van der Waals surface area contributed by atoms with Crippen LogP contribution in [0.25, 0.3) is 0 Å². The van der Waals surface area contributed by atoms with Crippen LogP contribution < -0.4 is 0 Å². The number of aromatic carboxylic acids is 1. The van der Waals surface area contributed by atoms with E-state index in [4.69, 9.17) is 0 Å². The molecular weight excluding hydrogens is 605 g/mol. The molecule has 0 spiro atoms. The van der Waals surface area contributed by atoms with Gasteiger partial charge in [0.1, 0.15) is 0 Å². The Morgan fingerprint density at radius 2 is 1.71 bits per heavy atom. The predicted octanol–water partition coefficient (Wildman–Crippen LogP) is 3.98. The van der Waals surface area contributed by atoms with Gasteiger partial charge in [0.2, 0.25) is 5.90 Å². The van der Waals surface area contributed by atoms with Crippen molar-refractivity contribution in [1.82, 2.24) is 9.88 Å². The summed E-state index contributed by atoms with van der Waals surface area (Å²) in [6, 6.07) is 5.98. The van der Waals surface area contributed by atoms with Gasteiger partial charge in [0.05, 0.1) is 54.2 Å². The second-order valence-electron chi connectivity index (χ2n) is 10.1. The van der Waals surface area contributed by atoms with E-state index in [0.29, 0.717) is 37.1 Å². The Balaban J connectivity index is 0.00000616. The van der Waals surface area contributed by atoms with Gasteiger partial charge in [-0.25, -0.2) is 14.6 Å². The van der Waals surface area contributed by atoms with Gasteiger partial charge in [0.25, 0.3) is 0 Å². The SMILES string of the molecule is [CH2-][N+](CC(=O)O)(Cc1ccccn1)[C@H]1CCCCC1N(CC(=O)O)CC(O)=Nc1cc(C(=O)O)cc(C(F)(F)F)c1.[Fe+2]. The Morgan fingerprint density at radius 1 is 1.02 bits per heavy atom. The van der Waals surface area contributed by atoms with Gasteiger partial charge in [-0.3, -0.25) is 14.7 Å². The quantitative estimate of drug-likeness (QED) is 0.0889. The number of pyridine rings is 1. The molecule has 1 saturated carbocycles. The number of carboxylic acids is 3. The second-order valence-corrected chi connectivity index (χ2v) is 10.1. The molecule has 42 heavy (non-hydrogen) atoms. The first-order valence-corrected chi connectivity index (χ1v) is 12.7. The molecule has 4 N–H and O–H groups in total. The summed E-state index contributed by atoms with van der Waals surface area (Å²) < 4.78 is 39.7. The number of alkyl halides is 3. The van der Waals surface area contributed by atoms with Crippen LogP contribution in [0.2, 0.25) is 0 Å². The molecule has 3 atom stereocenters. The zero-order valence-corrected chi connectivity index (χ0v) is 23.5. The van der Waals surface area contributed by atoms with Gasteiger partial charge in [-0.15, -0.1) is 7.05 Å². The number of hydrogen-bond donors (Lipinski definition) is 4. The van der Waals surface area contributed by atoms with Crippen molar-refractivity contribution in [2.75, 3.05) is 19.6 Å². The van der Waals surface area contributed by atoms with Crippen molar-refractivity contribution in [2.24, 2.45) is 4.99 Å². The van der Waals surface area contributed by atoms with Crippen molar-refractivity contribution in [1.29, 1.82) is 0 Å². The van der Waals surface area contributed by atoms with Gasteiger partial charge in [0, 0.05) is 6.20 Å². The largest absolute Gasteiger partial charge is 2.00 e. The molecule has 1 aliphatic carbocycles. The van der Waals surface area contributed by atoms with Gasteiger partial charge in [0.15, 0.2) is 6.54 Å². The Bertz CT molecular complexity index is 1300. The summed E-state index contributed by atoms with van der Waals surface area (Å²) in [5.41, 5.74) is -1.86. The summed E-state index contributed by atoms with van der Waals surface area (Å²) in [6.07, 6.45) is -0.965. The maximum atomic E-state index is 13.3. The third kappa shape index (κ3) is 9.51. The van der Waals surface area contributed by atoms with Crippen LogP contribution in [0.3, 0.4) is 0 Å². The topological polar surface area (TPSA) is 161 Å². The Morgan fingerprint density at radius 3 is 2.29 bits per heavy atom. The zero-order chi connectivity index (χ0) is 30.4. The number of nitrogens with zero attached hydrogens (tertiary/aromatic N) is 4. The third-order valence-corrected chi connectivity index (χ3v) is 6.95. The molecule has 0 amide bonds. The van der Waals surface area contributed by atoms with Crippen LogP contribution >= 0.6 is 0 Å². The van der Waals surface area contributed by atoms with Crippen LogP contribution in [0.1, 0.15) is 47.3 Å². The molecule has 1 aromatic heterocycles. The standard InChI is InChI=1S/C27H31F3N4O7.Fe/c1-34(16-25(38)39,15-19-6-4-5-9-31-19)22-8-3-2-7-21(22)33(14-24(36)37)13-23(35)32-20-11-17(26(40)41)10-18(12-20)27(28,29)30;/h4-6,9-12,21-22H,1-3,7-8,13-16H2,(H,32,35)(H,36,37)(H,38,39)(H,40,41);/q;+2/t21?,22-,34?;/m0./s1. The van der Waals surface area contributed by atoms with E-state index in [2.05, 4.69) is 17.0 Å². The summed E-state index contributed by atoms with van der Waals surface area (Å²) in [4.78, 5) is 44.5. The summed E-state index contributed by atoms with van der Waals surface area (Å²) in [7, 11) is 4.23. The van der Waals surface area contributed by atoms with Gasteiger partial charge in [-0.05, 0) is 49.6 Å². The van der Waals surface area contributed by atoms with Crippen molar-refractivity contribution in [3.63, 3.8) is 0 Å². The van der Waals surface area contributed by atoms with Crippen molar-refractivity contribution >= 4 is 29.5 Å². The molecule has 0 radical (unpaired) electrons. The number of carboxylic acid groups (broad SMARTS) is 3. The molecule has 1 aliphatic rings. The number of benzene rings is 1. The van der Waals surface area contributed by atoms with E-state index in [-0.39, 0.29) is 34.6 Å². The normalized spacial score (nSPS) is 19.0. The van der Waals surface area contributed by atoms with Crippen LogP contribution in [-0.4, -0.2) is 90.3 Å². The minimum absolute atomic E-state index is 0. The maximum Gasteiger partial charge on any atom is 2.00 e. The Kier molecular flexibility index (Phi) is 12.0. The van der Waals surface area contributed by atoms with Crippen LogP contribution in [0.5, 0.6) is 0 Å². The average molecular weight is 636 g/mol. The van der Waals surface area contributed by atoms with Crippen molar-refractivity contribution in [2.45, 2.75) is 50.5 Å². The molecule has 1 aromatic carbocycles. The number of aliphatic imine (C=N–C) groups is 1. The summed E-state index contributed by atoms with van der Waals surface area (Å²) >= 11 is 0. The van der Waals surface area contributed by atoms with E-state index in [1.807, 2.05) is 0 Å². The van der Waals surface area contributed by atoms with E-state index < -0.39 is 72.0 Å². The number of halogens is 3. The first kappa shape index (κ1) is 34.7. The fourth-order valence-corrected chi connectivity index (χ4v) is 5.32. The number of aliphatic hydroxyl groups is 1. The molecule has 11 nitrogen and oxygen atoms in total. The van der Waals surface area contributed by atoms with E-state index in [1.165, 1.54) is 4.90 Å². The van der Waals surface area contributed by atoms with E-state index in [0.717, 1.165) is 12.5 Å². The number of carbonyl (C=O) groups is 3. The zero-order valence-electron chi connectivity index (χ0n) is 22.4. The predicted molar refractivity (Wildman–Crippen MR) is 139 cm³/mol. The molecule has 2 aromatic rings. The number of quaternary nitrogens is 1. The first-order chi connectivity index (χ1) is 19.2. The molecule has 0 bridgehead atoms. The minimum Gasteiger partial charge on any atom is -0.495 e. The van der Waals surface area contributed by atoms with E-state index >= 15 is 0 Å². The van der Waals surface area contributed by atoms with Crippen LogP contribution in [0, 0.1) is 7.05 Å². The minimum atomic E-state index is -4.87. The van der Waals surface area contributed by atoms with E-state index in [1.54, 1.807) is 24.4 Å². The van der Waals surface area contributed by atoms with Gasteiger partial charge < -0.3 is 24.9 Å². The number of hydrogen-bond acceptors (Lipinski definition) is 6. The number of aromatic nitrogens is 1. The fourth-order valence-electron chi connectivity index (χ4n) is 5.32. The maximum absolute atomic E-state index is 13.3. The van der Waals surface area contributed by atoms with Gasteiger partial charge >= 0.3 is 41.2 Å². The molecule has 1 fully saturated rings. The average Bonchev–Trinajstić information content (AvgIpc) is 2.87. The fraction of sp³-hybridized carbons (Fsp3) is 0.407. The summed E-state index contributed by atoms with van der Waals surface area (Å²) in [5, 5.41) is 39.2. The van der Waals surface area contributed by atoms with Crippen LogP contribution in [0.4, 0.5) is 18.9 Å². The molecule has 0 aliphatic heterocycles. The van der Waals surface area contributed by atoms with Gasteiger partial charge in [-0.2, -0.15) is 13.2 Å². The molecular formula is C27H31F3FeN4O7+2. The summed E-state index contributed by atoms with van der Waals surface area (Å²) in [6.45, 7) is -1.33. The third-order valence-electron chi connectivity index (χ3n) is 6.95. The molecule has 228 valence electrons. The van der Waals surface area contributed by atoms with Gasteiger partial charge in [-0.1, -0.05) is 12.5 Å². The van der Waals surface area contributed by atoms with E-state index in [9.17, 15) is 48.0 Å². The Labute approximate surface area is 250 Å². The van der Waals surface area contributed by atoms with Crippen molar-refractivity contribution in [3.8, 4) is 0 Å². The Hall–Kier alpha value is -3.52. The molecule has 2 unspecified atom stereocenters. The molecule has 0 saturated heterocycles. The number of rotatable bonds is 12. The first-order valence-electron chi connectivity index (χ1n) is 12.7. The number of aliphatic hydroxyl groups excluding tert-OH is 1. The molecule has 3 rings (SSSR count). The monoisotopic (exact) mass is 636 g/mol. The van der Waals surface area contributed by atoms with Crippen LogP contribution in [0.15, 0.2) is 47.6 Å². The number of aliphatic carboxylic acids is 2. The second kappa shape index (κ2) is 14.6. The summed E-state index contributed by atoms with van der Waals surface area (Å²) in [5.74, 6) is -4.73. The van der Waals surface area contributed by atoms with Crippen LogP contribution in [-0.2, 0) is 39.4 Å². The molecule has 1 heterocycles. The van der Waals surface area contributed by atoms with Crippen molar-refractivity contribution < 1.29 is 69.5 Å². The molecule has 15 heteroatoms.